The fourth-order valence-corrected chi connectivity index (χ4v) is 3.01. The molecule has 0 aliphatic rings. The monoisotopic (exact) mass is 467 g/mol. The highest BCUT2D eigenvalue weighted by atomic mass is 16.6. The third kappa shape index (κ3) is 6.49. The quantitative estimate of drug-likeness (QED) is 0.479. The number of imide groups is 1. The van der Waals surface area contributed by atoms with Gasteiger partial charge in [-0.2, -0.15) is 5.26 Å². The molecule has 2 aromatic carbocycles. The van der Waals surface area contributed by atoms with Crippen molar-refractivity contribution < 1.29 is 28.5 Å². The molecule has 0 aromatic heterocycles. The minimum atomic E-state index is -0.889. The first-order valence-electron chi connectivity index (χ1n) is 10.4. The van der Waals surface area contributed by atoms with Gasteiger partial charge in [-0.15, -0.1) is 0 Å². The average Bonchev–Trinajstić information content (AvgIpc) is 2.81. The zero-order chi connectivity index (χ0) is 25.5. The summed E-state index contributed by atoms with van der Waals surface area (Å²) in [5.74, 6) is 0.629. The Hall–Kier alpha value is -4.03. The molecule has 9 heteroatoms. The number of hydrogen-bond donors (Lipinski definition) is 1. The first-order valence-corrected chi connectivity index (χ1v) is 10.4. The standard InChI is InChI=1S/C25H29N3O6/c1-25(2,3)34-24(30)28(23(29)15-27)21-10-16(7-8-22(21)33-6)9-18(14-26)17-11-19(31-4)13-20(12-17)32-5/h7-13H,15,27H2,1-6H3. The van der Waals surface area contributed by atoms with Gasteiger partial charge in [-0.25, -0.2) is 9.69 Å². The van der Waals surface area contributed by atoms with Gasteiger partial charge in [0.15, 0.2) is 0 Å². The molecule has 0 fully saturated rings. The van der Waals surface area contributed by atoms with Gasteiger partial charge < -0.3 is 24.7 Å². The molecule has 0 atom stereocenters. The molecule has 0 spiro atoms. The molecule has 0 aliphatic heterocycles. The summed E-state index contributed by atoms with van der Waals surface area (Å²) in [5.41, 5.74) is 6.27. The van der Waals surface area contributed by atoms with Crippen molar-refractivity contribution in [3.63, 3.8) is 0 Å². The third-order valence-corrected chi connectivity index (χ3v) is 4.54. The Bertz CT molecular complexity index is 1110. The van der Waals surface area contributed by atoms with Crippen LogP contribution in [-0.4, -0.2) is 45.5 Å². The fourth-order valence-electron chi connectivity index (χ4n) is 3.01. The highest BCUT2D eigenvalue weighted by Gasteiger charge is 2.30. The maximum atomic E-state index is 12.9. The van der Waals surface area contributed by atoms with Crippen molar-refractivity contribution in [2.24, 2.45) is 5.73 Å². The van der Waals surface area contributed by atoms with E-state index in [0.29, 0.717) is 28.2 Å². The van der Waals surface area contributed by atoms with Gasteiger partial charge in [0.25, 0.3) is 0 Å². The Kier molecular flexibility index (Phi) is 8.64. The van der Waals surface area contributed by atoms with Crippen LogP contribution in [0.15, 0.2) is 36.4 Å². The van der Waals surface area contributed by atoms with E-state index in [9.17, 15) is 14.9 Å². The fraction of sp³-hybridized carbons (Fsp3) is 0.320. The molecule has 0 saturated carbocycles. The summed E-state index contributed by atoms with van der Waals surface area (Å²) < 4.78 is 21.3. The van der Waals surface area contributed by atoms with Crippen molar-refractivity contribution >= 4 is 29.3 Å². The molecule has 2 aromatic rings. The van der Waals surface area contributed by atoms with Crippen LogP contribution in [-0.2, 0) is 9.53 Å². The largest absolute Gasteiger partial charge is 0.497 e. The number of benzene rings is 2. The number of nitriles is 1. The molecular weight excluding hydrogens is 438 g/mol. The molecule has 0 bridgehead atoms. The lowest BCUT2D eigenvalue weighted by Gasteiger charge is -2.27. The predicted molar refractivity (Wildman–Crippen MR) is 129 cm³/mol. The summed E-state index contributed by atoms with van der Waals surface area (Å²) in [6.45, 7) is 4.64. The van der Waals surface area contributed by atoms with Crippen LogP contribution >= 0.6 is 0 Å². The highest BCUT2D eigenvalue weighted by Crippen LogP contribution is 2.33. The first kappa shape index (κ1) is 26.2. The lowest BCUT2D eigenvalue weighted by Crippen LogP contribution is -2.44. The van der Waals surface area contributed by atoms with Gasteiger partial charge in [-0.1, -0.05) is 6.07 Å². The maximum Gasteiger partial charge on any atom is 0.421 e. The topological polar surface area (TPSA) is 124 Å². The molecule has 2 N–H and O–H groups in total. The average molecular weight is 468 g/mol. The zero-order valence-corrected chi connectivity index (χ0v) is 20.2. The van der Waals surface area contributed by atoms with E-state index >= 15 is 0 Å². The summed E-state index contributed by atoms with van der Waals surface area (Å²) in [5, 5.41) is 9.81. The number of ether oxygens (including phenoxy) is 4. The number of hydrogen-bond acceptors (Lipinski definition) is 8. The number of carbonyl (C=O) groups excluding carboxylic acids is 2. The minimum Gasteiger partial charge on any atom is -0.497 e. The number of anilines is 1. The molecule has 2 rings (SSSR count). The molecule has 180 valence electrons. The SMILES string of the molecule is COc1cc(OC)cc(C(C#N)=Cc2ccc(OC)c(N(C(=O)CN)C(=O)OC(C)(C)C)c2)c1. The van der Waals surface area contributed by atoms with E-state index < -0.39 is 24.1 Å². The Morgan fingerprint density at radius 2 is 1.65 bits per heavy atom. The second-order valence-corrected chi connectivity index (χ2v) is 8.12. The van der Waals surface area contributed by atoms with Crippen molar-refractivity contribution in [1.82, 2.24) is 0 Å². The van der Waals surface area contributed by atoms with Crippen molar-refractivity contribution in [2.75, 3.05) is 32.8 Å². The number of nitrogens with two attached hydrogens (primary N) is 1. The lowest BCUT2D eigenvalue weighted by atomic mass is 10.0. The van der Waals surface area contributed by atoms with E-state index in [1.807, 2.05) is 0 Å². The molecule has 2 amide bonds. The van der Waals surface area contributed by atoms with Crippen LogP contribution < -0.4 is 24.8 Å². The summed E-state index contributed by atoms with van der Waals surface area (Å²) >= 11 is 0. The Morgan fingerprint density at radius 3 is 2.12 bits per heavy atom. The molecule has 0 heterocycles. The first-order chi connectivity index (χ1) is 16.1. The van der Waals surface area contributed by atoms with Gasteiger partial charge in [0.05, 0.1) is 45.2 Å². The van der Waals surface area contributed by atoms with Crippen molar-refractivity contribution in [3.05, 3.63) is 47.5 Å². The van der Waals surface area contributed by atoms with Gasteiger partial charge in [-0.3, -0.25) is 4.79 Å². The van der Waals surface area contributed by atoms with Crippen LogP contribution in [0.25, 0.3) is 11.6 Å². The summed E-state index contributed by atoms with van der Waals surface area (Å²) in [6, 6.07) is 12.1. The van der Waals surface area contributed by atoms with E-state index in [4.69, 9.17) is 24.7 Å². The minimum absolute atomic E-state index is 0.140. The number of carbonyl (C=O) groups is 2. The number of allylic oxidation sites excluding steroid dienone is 1. The van der Waals surface area contributed by atoms with Crippen LogP contribution in [0.3, 0.4) is 0 Å². The van der Waals surface area contributed by atoms with Crippen LogP contribution in [0, 0.1) is 11.3 Å². The van der Waals surface area contributed by atoms with Crippen molar-refractivity contribution in [2.45, 2.75) is 26.4 Å². The van der Waals surface area contributed by atoms with Gasteiger partial charge >= 0.3 is 6.09 Å². The number of rotatable bonds is 7. The van der Waals surface area contributed by atoms with Gasteiger partial charge in [-0.05, 0) is 62.2 Å². The van der Waals surface area contributed by atoms with E-state index in [0.717, 1.165) is 4.90 Å². The maximum absolute atomic E-state index is 12.9. The molecular formula is C25H29N3O6. The van der Waals surface area contributed by atoms with Gasteiger partial charge in [0.1, 0.15) is 22.8 Å². The second-order valence-electron chi connectivity index (χ2n) is 8.12. The molecule has 0 radical (unpaired) electrons. The molecule has 0 saturated heterocycles. The lowest BCUT2D eigenvalue weighted by molar-refractivity contribution is -0.117. The van der Waals surface area contributed by atoms with Crippen LogP contribution in [0.1, 0.15) is 31.9 Å². The van der Waals surface area contributed by atoms with Crippen LogP contribution in [0.4, 0.5) is 10.5 Å². The van der Waals surface area contributed by atoms with Crippen LogP contribution in [0.5, 0.6) is 17.2 Å². The molecule has 0 aliphatic carbocycles. The van der Waals surface area contributed by atoms with Gasteiger partial charge in [0, 0.05) is 6.07 Å². The summed E-state index contributed by atoms with van der Waals surface area (Å²) in [4.78, 5) is 26.3. The number of nitrogens with zero attached hydrogens (tertiary/aromatic N) is 2. The predicted octanol–water partition coefficient (Wildman–Crippen LogP) is 4.00. The van der Waals surface area contributed by atoms with E-state index in [1.54, 1.807) is 63.2 Å². The van der Waals surface area contributed by atoms with E-state index in [1.165, 1.54) is 21.3 Å². The Morgan fingerprint density at radius 1 is 1.03 bits per heavy atom. The Balaban J connectivity index is 2.63. The van der Waals surface area contributed by atoms with Gasteiger partial charge in [0.2, 0.25) is 5.91 Å². The molecule has 0 unspecified atom stereocenters. The Labute approximate surface area is 199 Å². The highest BCUT2D eigenvalue weighted by molar-refractivity contribution is 6.14. The smallest absolute Gasteiger partial charge is 0.421 e. The van der Waals surface area contributed by atoms with Crippen LogP contribution in [0.2, 0.25) is 0 Å². The number of methoxy groups -OCH3 is 3. The molecule has 9 nitrogen and oxygen atoms in total. The van der Waals surface area contributed by atoms with E-state index in [2.05, 4.69) is 6.07 Å². The zero-order valence-electron chi connectivity index (χ0n) is 20.2. The normalized spacial score (nSPS) is 11.3. The van der Waals surface area contributed by atoms with E-state index in [-0.39, 0.29) is 11.4 Å². The third-order valence-electron chi connectivity index (χ3n) is 4.54. The number of amides is 2. The van der Waals surface area contributed by atoms with Crippen molar-refractivity contribution in [1.29, 1.82) is 5.26 Å². The van der Waals surface area contributed by atoms with Crippen molar-refractivity contribution in [3.8, 4) is 23.3 Å². The summed E-state index contributed by atoms with van der Waals surface area (Å²) in [7, 11) is 4.45. The summed E-state index contributed by atoms with van der Waals surface area (Å²) in [6.07, 6.45) is 0.720. The molecule has 34 heavy (non-hydrogen) atoms. The second kappa shape index (κ2) is 11.2.